The number of urea groups is 1. The quantitative estimate of drug-likeness (QED) is 0.204. The molecular formula is C28H37N5O4. The minimum Gasteiger partial charge on any atom is -0.461 e. The van der Waals surface area contributed by atoms with Crippen LogP contribution in [0.25, 0.3) is 0 Å². The highest BCUT2D eigenvalue weighted by molar-refractivity contribution is 6.36. The highest BCUT2D eigenvalue weighted by Crippen LogP contribution is 2.35. The third kappa shape index (κ3) is 6.54. The molecule has 198 valence electrons. The van der Waals surface area contributed by atoms with Crippen molar-refractivity contribution in [3.63, 3.8) is 0 Å². The first-order valence-electron chi connectivity index (χ1n) is 12.6. The molecule has 0 bridgehead atoms. The number of nitrogens with one attached hydrogen (secondary N) is 1. The molecule has 1 fully saturated rings. The number of amides is 3. The minimum atomic E-state index is -1.02. The molecule has 37 heavy (non-hydrogen) atoms. The van der Waals surface area contributed by atoms with Gasteiger partial charge in [0.2, 0.25) is 0 Å². The lowest BCUT2D eigenvalue weighted by Gasteiger charge is -2.28. The summed E-state index contributed by atoms with van der Waals surface area (Å²) in [5.74, 6) is -0.641. The molecular weight excluding hydrogens is 470 g/mol. The van der Waals surface area contributed by atoms with E-state index in [4.69, 9.17) is 4.74 Å². The van der Waals surface area contributed by atoms with Crippen LogP contribution in [-0.4, -0.2) is 79.2 Å². The van der Waals surface area contributed by atoms with Crippen molar-refractivity contribution in [1.82, 2.24) is 14.7 Å². The Morgan fingerprint density at radius 1 is 1.08 bits per heavy atom. The predicted molar refractivity (Wildman–Crippen MR) is 144 cm³/mol. The first kappa shape index (κ1) is 27.9. The predicted octanol–water partition coefficient (Wildman–Crippen LogP) is 3.71. The Kier molecular flexibility index (Phi) is 9.41. The Balaban J connectivity index is 1.62. The van der Waals surface area contributed by atoms with Crippen molar-refractivity contribution in [2.24, 2.45) is 5.10 Å². The maximum atomic E-state index is 13.3. The second-order valence-corrected chi connectivity index (χ2v) is 9.48. The number of ether oxygens (including phenoxy) is 1. The zero-order valence-electron chi connectivity index (χ0n) is 22.4. The molecule has 2 aromatic rings. The van der Waals surface area contributed by atoms with Crippen molar-refractivity contribution in [1.29, 1.82) is 0 Å². The van der Waals surface area contributed by atoms with Gasteiger partial charge >= 0.3 is 12.0 Å². The van der Waals surface area contributed by atoms with Crippen LogP contribution in [-0.2, 0) is 26.3 Å². The molecule has 1 aliphatic heterocycles. The van der Waals surface area contributed by atoms with E-state index in [2.05, 4.69) is 15.4 Å². The molecule has 1 saturated heterocycles. The minimum absolute atomic E-state index is 0.223. The number of anilines is 1. The summed E-state index contributed by atoms with van der Waals surface area (Å²) in [6.07, 6.45) is 1.83. The number of carbonyl (C=O) groups excluding carboxylic acids is 3. The topological polar surface area (TPSA) is 94.6 Å². The Morgan fingerprint density at radius 3 is 2.38 bits per heavy atom. The average molecular weight is 508 g/mol. The highest BCUT2D eigenvalue weighted by Gasteiger charge is 2.53. The molecule has 3 rings (SSSR count). The van der Waals surface area contributed by atoms with E-state index in [9.17, 15) is 14.4 Å². The Bertz CT molecular complexity index is 1120. The third-order valence-electron chi connectivity index (χ3n) is 6.61. The van der Waals surface area contributed by atoms with E-state index >= 15 is 0 Å². The number of esters is 1. The van der Waals surface area contributed by atoms with Crippen LogP contribution in [0.1, 0.15) is 37.8 Å². The van der Waals surface area contributed by atoms with Gasteiger partial charge in [-0.1, -0.05) is 42.5 Å². The molecule has 1 heterocycles. The smallest absolute Gasteiger partial charge is 0.354 e. The molecule has 1 unspecified atom stereocenters. The van der Waals surface area contributed by atoms with Crippen molar-refractivity contribution >= 4 is 29.3 Å². The van der Waals surface area contributed by atoms with Crippen molar-refractivity contribution in [2.45, 2.75) is 38.6 Å². The van der Waals surface area contributed by atoms with Gasteiger partial charge < -0.3 is 14.5 Å². The lowest BCUT2D eigenvalue weighted by atomic mass is 9.91. The van der Waals surface area contributed by atoms with Gasteiger partial charge in [0.05, 0.1) is 12.3 Å². The van der Waals surface area contributed by atoms with Gasteiger partial charge in [0, 0.05) is 20.0 Å². The molecule has 1 atom stereocenters. The lowest BCUT2D eigenvalue weighted by molar-refractivity contribution is -0.135. The second-order valence-electron chi connectivity index (χ2n) is 9.48. The second kappa shape index (κ2) is 12.5. The summed E-state index contributed by atoms with van der Waals surface area (Å²) in [7, 11) is 5.63. The molecule has 9 heteroatoms. The summed E-state index contributed by atoms with van der Waals surface area (Å²) in [4.78, 5) is 43.3. The van der Waals surface area contributed by atoms with Crippen LogP contribution in [0, 0.1) is 0 Å². The van der Waals surface area contributed by atoms with Gasteiger partial charge in [-0.25, -0.2) is 9.59 Å². The first-order chi connectivity index (χ1) is 17.7. The summed E-state index contributed by atoms with van der Waals surface area (Å²) in [5.41, 5.74) is 4.76. The molecule has 0 aliphatic carbocycles. The van der Waals surface area contributed by atoms with E-state index in [0.29, 0.717) is 25.2 Å². The fourth-order valence-electron chi connectivity index (χ4n) is 4.24. The maximum Gasteiger partial charge on any atom is 0.354 e. The number of imide groups is 1. The van der Waals surface area contributed by atoms with Gasteiger partial charge in [0.15, 0.2) is 0 Å². The Labute approximate surface area is 219 Å². The van der Waals surface area contributed by atoms with E-state index in [1.54, 1.807) is 20.9 Å². The largest absolute Gasteiger partial charge is 0.461 e. The van der Waals surface area contributed by atoms with Crippen molar-refractivity contribution in [3.8, 4) is 0 Å². The standard InChI is InChI=1S/C28H37N5O4/c1-6-37-25(34)24(13-10-19-31(3)4)30-29-23-16-14-21(15-17-23)18-20-33-26(35)28(2,32(5)27(33)36)22-11-8-7-9-12-22/h7-9,11-12,14-17,29H,6,10,13,18-20H2,1-5H3/b30-24-. The normalized spacial score (nSPS) is 18.1. The number of hydrogen-bond donors (Lipinski definition) is 1. The fourth-order valence-corrected chi connectivity index (χ4v) is 4.24. The van der Waals surface area contributed by atoms with Gasteiger partial charge in [-0.2, -0.15) is 5.10 Å². The van der Waals surface area contributed by atoms with Gasteiger partial charge in [-0.05, 0) is 70.6 Å². The summed E-state index contributed by atoms with van der Waals surface area (Å²) in [6.45, 7) is 4.98. The van der Waals surface area contributed by atoms with Crippen molar-refractivity contribution in [2.75, 3.05) is 46.3 Å². The van der Waals surface area contributed by atoms with Crippen LogP contribution in [0.5, 0.6) is 0 Å². The summed E-state index contributed by atoms with van der Waals surface area (Å²) in [6, 6.07) is 16.6. The van der Waals surface area contributed by atoms with Crippen molar-refractivity contribution < 1.29 is 19.1 Å². The van der Waals surface area contributed by atoms with Gasteiger partial charge in [0.25, 0.3) is 5.91 Å². The number of hydrogen-bond acceptors (Lipinski definition) is 7. The number of hydrazone groups is 1. The molecule has 1 N–H and O–H groups in total. The number of nitrogens with zero attached hydrogens (tertiary/aromatic N) is 4. The summed E-state index contributed by atoms with van der Waals surface area (Å²) >= 11 is 0. The van der Waals surface area contributed by atoms with E-state index in [-0.39, 0.29) is 18.5 Å². The van der Waals surface area contributed by atoms with Crippen molar-refractivity contribution in [3.05, 3.63) is 65.7 Å². The van der Waals surface area contributed by atoms with E-state index < -0.39 is 11.5 Å². The Morgan fingerprint density at radius 2 is 1.76 bits per heavy atom. The van der Waals surface area contributed by atoms with E-state index in [0.717, 1.165) is 29.8 Å². The van der Waals surface area contributed by atoms with Crippen LogP contribution in [0.2, 0.25) is 0 Å². The average Bonchev–Trinajstić information content (AvgIpc) is 3.06. The molecule has 3 amide bonds. The molecule has 1 aliphatic rings. The zero-order valence-corrected chi connectivity index (χ0v) is 22.4. The van der Waals surface area contributed by atoms with Crippen LogP contribution >= 0.6 is 0 Å². The summed E-state index contributed by atoms with van der Waals surface area (Å²) < 4.78 is 5.13. The van der Waals surface area contributed by atoms with E-state index in [1.165, 1.54) is 9.80 Å². The third-order valence-corrected chi connectivity index (χ3v) is 6.61. The highest BCUT2D eigenvalue weighted by atomic mass is 16.5. The molecule has 0 aromatic heterocycles. The maximum absolute atomic E-state index is 13.3. The SMILES string of the molecule is CCOC(=O)/C(CCCN(C)C)=N\Nc1ccc(CCN2C(=O)N(C)C(C)(c3ccccc3)C2=O)cc1. The first-order valence-corrected chi connectivity index (χ1v) is 12.6. The summed E-state index contributed by atoms with van der Waals surface area (Å²) in [5, 5.41) is 4.29. The lowest BCUT2D eigenvalue weighted by Crippen LogP contribution is -2.42. The zero-order chi connectivity index (χ0) is 27.0. The van der Waals surface area contributed by atoms with Gasteiger partial charge in [0.1, 0.15) is 11.3 Å². The molecule has 0 spiro atoms. The van der Waals surface area contributed by atoms with Gasteiger partial charge in [-0.15, -0.1) is 0 Å². The molecule has 9 nitrogen and oxygen atoms in total. The monoisotopic (exact) mass is 507 g/mol. The number of rotatable bonds is 12. The molecule has 0 radical (unpaired) electrons. The van der Waals surface area contributed by atoms with Crippen LogP contribution < -0.4 is 5.43 Å². The van der Waals surface area contributed by atoms with Crippen LogP contribution in [0.4, 0.5) is 10.5 Å². The number of carbonyl (C=O) groups is 3. The number of likely N-dealkylation sites (N-methyl/N-ethyl adjacent to an activating group) is 1. The fraction of sp³-hybridized carbons (Fsp3) is 0.429. The van der Waals surface area contributed by atoms with Crippen LogP contribution in [0.3, 0.4) is 0 Å². The van der Waals surface area contributed by atoms with Gasteiger partial charge in [-0.3, -0.25) is 15.1 Å². The Hall–Kier alpha value is -3.72. The molecule has 2 aromatic carbocycles. The van der Waals surface area contributed by atoms with E-state index in [1.807, 2.05) is 68.7 Å². The van der Waals surface area contributed by atoms with Crippen LogP contribution in [0.15, 0.2) is 59.7 Å². The number of benzene rings is 2. The molecule has 0 saturated carbocycles.